The smallest absolute Gasteiger partial charge is 0.257 e. The standard InChI is InChI=1S/C16H14ClN3O2/c1-20-13-5-4-12(8-10(13)3-7-15(20)21)19-16(22)11-2-6-14(17)18-9-11/h2,4-6,8-9H,3,7H2,1H3,(H,19,22). The molecular formula is C16H14ClN3O2. The number of fused-ring (bicyclic) bond motifs is 1. The Bertz CT molecular complexity index is 744. The van der Waals surface area contributed by atoms with Crippen LogP contribution in [0.3, 0.4) is 0 Å². The van der Waals surface area contributed by atoms with E-state index < -0.39 is 0 Å². The largest absolute Gasteiger partial charge is 0.322 e. The Morgan fingerprint density at radius 3 is 2.82 bits per heavy atom. The van der Waals surface area contributed by atoms with Crippen LogP contribution in [0.5, 0.6) is 0 Å². The molecule has 0 atom stereocenters. The highest BCUT2D eigenvalue weighted by atomic mass is 35.5. The molecule has 2 heterocycles. The second-order valence-corrected chi connectivity index (χ2v) is 5.51. The highest BCUT2D eigenvalue weighted by molar-refractivity contribution is 6.29. The topological polar surface area (TPSA) is 62.3 Å². The molecule has 0 fully saturated rings. The molecule has 0 unspecified atom stereocenters. The molecule has 6 heteroatoms. The van der Waals surface area contributed by atoms with Crippen molar-refractivity contribution >= 4 is 34.8 Å². The number of hydrogen-bond donors (Lipinski definition) is 1. The Labute approximate surface area is 132 Å². The number of nitrogens with zero attached hydrogens (tertiary/aromatic N) is 2. The van der Waals surface area contributed by atoms with Crippen LogP contribution in [0.4, 0.5) is 11.4 Å². The first kappa shape index (κ1) is 14.5. The molecule has 22 heavy (non-hydrogen) atoms. The third-order valence-electron chi connectivity index (χ3n) is 3.67. The second-order valence-electron chi connectivity index (χ2n) is 5.12. The van der Waals surface area contributed by atoms with Crippen molar-refractivity contribution in [2.45, 2.75) is 12.8 Å². The number of pyridine rings is 1. The lowest BCUT2D eigenvalue weighted by Crippen LogP contribution is -2.31. The van der Waals surface area contributed by atoms with Gasteiger partial charge in [0.05, 0.1) is 5.56 Å². The van der Waals surface area contributed by atoms with Crippen molar-refractivity contribution in [3.63, 3.8) is 0 Å². The number of anilines is 2. The van der Waals surface area contributed by atoms with Crippen molar-refractivity contribution in [1.82, 2.24) is 4.98 Å². The maximum Gasteiger partial charge on any atom is 0.257 e. The van der Waals surface area contributed by atoms with Crippen molar-refractivity contribution in [3.8, 4) is 0 Å². The molecule has 0 saturated heterocycles. The molecule has 1 aliphatic heterocycles. The van der Waals surface area contributed by atoms with Crippen molar-refractivity contribution in [3.05, 3.63) is 52.8 Å². The lowest BCUT2D eigenvalue weighted by atomic mass is 10.0. The molecule has 1 aromatic carbocycles. The SMILES string of the molecule is CN1C(=O)CCc2cc(NC(=O)c3ccc(Cl)nc3)ccc21. The van der Waals surface area contributed by atoms with E-state index in [1.54, 1.807) is 30.1 Å². The lowest BCUT2D eigenvalue weighted by molar-refractivity contribution is -0.118. The first-order valence-corrected chi connectivity index (χ1v) is 7.25. The maximum atomic E-state index is 12.2. The van der Waals surface area contributed by atoms with Crippen LogP contribution in [0.1, 0.15) is 22.3 Å². The summed E-state index contributed by atoms with van der Waals surface area (Å²) in [5, 5.41) is 3.17. The van der Waals surface area contributed by atoms with Crippen molar-refractivity contribution in [2.75, 3.05) is 17.3 Å². The first-order valence-electron chi connectivity index (χ1n) is 6.87. The summed E-state index contributed by atoms with van der Waals surface area (Å²) in [5.74, 6) is -0.138. The van der Waals surface area contributed by atoms with E-state index in [1.165, 1.54) is 6.20 Å². The van der Waals surface area contributed by atoms with E-state index in [2.05, 4.69) is 10.3 Å². The van der Waals surface area contributed by atoms with Gasteiger partial charge in [0.15, 0.2) is 0 Å². The molecule has 1 N–H and O–H groups in total. The molecule has 112 valence electrons. The number of hydrogen-bond acceptors (Lipinski definition) is 3. The van der Waals surface area contributed by atoms with E-state index in [-0.39, 0.29) is 11.8 Å². The Morgan fingerprint density at radius 1 is 1.27 bits per heavy atom. The van der Waals surface area contributed by atoms with E-state index in [4.69, 9.17) is 11.6 Å². The van der Waals surface area contributed by atoms with Crippen LogP contribution >= 0.6 is 11.6 Å². The van der Waals surface area contributed by atoms with Crippen LogP contribution in [0, 0.1) is 0 Å². The molecule has 1 aromatic heterocycles. The van der Waals surface area contributed by atoms with Crippen LogP contribution in [0.15, 0.2) is 36.5 Å². The summed E-state index contributed by atoms with van der Waals surface area (Å²) in [6, 6.07) is 8.73. The Morgan fingerprint density at radius 2 is 2.09 bits per heavy atom. The Balaban J connectivity index is 1.80. The second kappa shape index (κ2) is 5.77. The third kappa shape index (κ3) is 2.80. The lowest BCUT2D eigenvalue weighted by Gasteiger charge is -2.26. The highest BCUT2D eigenvalue weighted by Gasteiger charge is 2.21. The molecule has 0 saturated carbocycles. The summed E-state index contributed by atoms with van der Waals surface area (Å²) >= 11 is 5.71. The minimum atomic E-state index is -0.246. The summed E-state index contributed by atoms with van der Waals surface area (Å²) in [4.78, 5) is 29.4. The van der Waals surface area contributed by atoms with E-state index in [9.17, 15) is 9.59 Å². The van der Waals surface area contributed by atoms with Gasteiger partial charge in [0, 0.05) is 31.0 Å². The fraction of sp³-hybridized carbons (Fsp3) is 0.188. The number of aromatic nitrogens is 1. The van der Waals surface area contributed by atoms with Crippen molar-refractivity contribution < 1.29 is 9.59 Å². The highest BCUT2D eigenvalue weighted by Crippen LogP contribution is 2.29. The van der Waals surface area contributed by atoms with Gasteiger partial charge < -0.3 is 10.2 Å². The summed E-state index contributed by atoms with van der Waals surface area (Å²) in [7, 11) is 1.76. The number of nitrogens with one attached hydrogen (secondary N) is 1. The van der Waals surface area contributed by atoms with E-state index in [1.807, 2.05) is 12.1 Å². The molecule has 0 aliphatic carbocycles. The monoisotopic (exact) mass is 315 g/mol. The summed E-state index contributed by atoms with van der Waals surface area (Å²) in [6.07, 6.45) is 2.61. The van der Waals surface area contributed by atoms with Gasteiger partial charge in [0.2, 0.25) is 5.91 Å². The van der Waals surface area contributed by atoms with Gasteiger partial charge in [-0.15, -0.1) is 0 Å². The van der Waals surface area contributed by atoms with E-state index in [0.717, 1.165) is 11.3 Å². The first-order chi connectivity index (χ1) is 10.5. The van der Waals surface area contributed by atoms with Crippen LogP contribution < -0.4 is 10.2 Å². The third-order valence-corrected chi connectivity index (χ3v) is 3.89. The minimum Gasteiger partial charge on any atom is -0.322 e. The number of benzene rings is 1. The number of carbonyl (C=O) groups excluding carboxylic acids is 2. The molecule has 0 bridgehead atoms. The number of halogens is 1. The van der Waals surface area contributed by atoms with Crippen molar-refractivity contribution in [2.24, 2.45) is 0 Å². The van der Waals surface area contributed by atoms with Gasteiger partial charge in [0.1, 0.15) is 5.15 Å². The number of rotatable bonds is 2. The molecular weight excluding hydrogens is 302 g/mol. The van der Waals surface area contributed by atoms with Gasteiger partial charge in [-0.05, 0) is 42.3 Å². The Kier molecular flexibility index (Phi) is 3.81. The van der Waals surface area contributed by atoms with Crippen molar-refractivity contribution in [1.29, 1.82) is 0 Å². The quantitative estimate of drug-likeness (QED) is 0.867. The molecule has 3 rings (SSSR count). The predicted octanol–water partition coefficient (Wildman–Crippen LogP) is 2.90. The molecule has 2 aromatic rings. The minimum absolute atomic E-state index is 0.108. The van der Waals surface area contributed by atoms with E-state index in [0.29, 0.717) is 29.2 Å². The van der Waals surface area contributed by atoms with Crippen LogP contribution in [-0.4, -0.2) is 23.8 Å². The average Bonchev–Trinajstić information content (AvgIpc) is 2.51. The van der Waals surface area contributed by atoms with Gasteiger partial charge in [-0.2, -0.15) is 0 Å². The molecule has 5 nitrogen and oxygen atoms in total. The Hall–Kier alpha value is -2.40. The van der Waals surface area contributed by atoms with Gasteiger partial charge in [-0.3, -0.25) is 9.59 Å². The zero-order chi connectivity index (χ0) is 15.7. The molecule has 0 radical (unpaired) electrons. The van der Waals surface area contributed by atoms with Gasteiger partial charge >= 0.3 is 0 Å². The van der Waals surface area contributed by atoms with Crippen LogP contribution in [-0.2, 0) is 11.2 Å². The zero-order valence-corrected chi connectivity index (χ0v) is 12.7. The van der Waals surface area contributed by atoms with Crippen LogP contribution in [0.25, 0.3) is 0 Å². The van der Waals surface area contributed by atoms with Gasteiger partial charge in [-0.25, -0.2) is 4.98 Å². The van der Waals surface area contributed by atoms with Crippen LogP contribution in [0.2, 0.25) is 5.15 Å². The maximum absolute atomic E-state index is 12.2. The fourth-order valence-corrected chi connectivity index (χ4v) is 2.56. The molecule has 0 spiro atoms. The summed E-state index contributed by atoms with van der Waals surface area (Å²) < 4.78 is 0. The average molecular weight is 316 g/mol. The summed E-state index contributed by atoms with van der Waals surface area (Å²) in [5.41, 5.74) is 3.08. The predicted molar refractivity (Wildman–Crippen MR) is 85.4 cm³/mol. The van der Waals surface area contributed by atoms with Gasteiger partial charge in [-0.1, -0.05) is 11.6 Å². The van der Waals surface area contributed by atoms with E-state index >= 15 is 0 Å². The fourth-order valence-electron chi connectivity index (χ4n) is 2.45. The molecule has 2 amide bonds. The van der Waals surface area contributed by atoms with Gasteiger partial charge in [0.25, 0.3) is 5.91 Å². The number of aryl methyl sites for hydroxylation is 1. The zero-order valence-electron chi connectivity index (χ0n) is 12.0. The number of amides is 2. The normalized spacial score (nSPS) is 13.7. The molecule has 1 aliphatic rings. The number of carbonyl (C=O) groups is 2. The summed E-state index contributed by atoms with van der Waals surface area (Å²) in [6.45, 7) is 0.